The van der Waals surface area contributed by atoms with E-state index >= 15 is 0 Å². The Morgan fingerprint density at radius 3 is 2.41 bits per heavy atom. The number of hydrogen-bond donors (Lipinski definition) is 1. The third-order valence-electron chi connectivity index (χ3n) is 3.21. The topological polar surface area (TPSA) is 34.1 Å². The predicted molar refractivity (Wildman–Crippen MR) is 91.8 cm³/mol. The first kappa shape index (κ1) is 14.4. The maximum absolute atomic E-state index is 6.04. The minimum Gasteiger partial charge on any atom is -0.471 e. The number of rotatable bonds is 3. The number of pyridine rings is 1. The number of ether oxygens (including phenoxy) is 1. The van der Waals surface area contributed by atoms with Crippen LogP contribution >= 0.6 is 0 Å². The minimum absolute atomic E-state index is 0.291. The van der Waals surface area contributed by atoms with Crippen molar-refractivity contribution >= 4 is 22.1 Å². The van der Waals surface area contributed by atoms with Gasteiger partial charge in [-0.3, -0.25) is 0 Å². The zero-order valence-corrected chi connectivity index (χ0v) is 13.1. The number of benzene rings is 2. The molecular weight excluding hydrogens is 272 g/mol. The zero-order chi connectivity index (χ0) is 15.6. The van der Waals surface area contributed by atoms with Gasteiger partial charge in [0.25, 0.3) is 0 Å². The molecule has 0 spiro atoms. The van der Waals surface area contributed by atoms with E-state index in [1.807, 2.05) is 69.3 Å². The van der Waals surface area contributed by atoms with Crippen LogP contribution in [0.1, 0.15) is 20.8 Å². The largest absolute Gasteiger partial charge is 0.471 e. The van der Waals surface area contributed by atoms with E-state index in [1.165, 1.54) is 0 Å². The fourth-order valence-electron chi connectivity index (χ4n) is 2.35. The Bertz CT molecular complexity index is 771. The van der Waals surface area contributed by atoms with Crippen molar-refractivity contribution in [2.45, 2.75) is 26.4 Å². The Morgan fingerprint density at radius 2 is 1.68 bits per heavy atom. The van der Waals surface area contributed by atoms with Crippen molar-refractivity contribution in [3.8, 4) is 5.88 Å². The number of hydrogen-bond acceptors (Lipinski definition) is 3. The monoisotopic (exact) mass is 292 g/mol. The Morgan fingerprint density at radius 1 is 0.909 bits per heavy atom. The van der Waals surface area contributed by atoms with Crippen LogP contribution in [0.2, 0.25) is 0 Å². The number of anilines is 2. The van der Waals surface area contributed by atoms with Crippen LogP contribution in [0.5, 0.6) is 5.88 Å². The molecule has 3 nitrogen and oxygen atoms in total. The second kappa shape index (κ2) is 5.68. The lowest BCUT2D eigenvalue weighted by atomic mass is 10.1. The smallest absolute Gasteiger partial charge is 0.223 e. The first-order chi connectivity index (χ1) is 10.5. The molecule has 1 aromatic heterocycles. The average molecular weight is 292 g/mol. The molecule has 1 heterocycles. The highest BCUT2D eigenvalue weighted by Gasteiger charge is 2.16. The molecule has 0 bridgehead atoms. The van der Waals surface area contributed by atoms with E-state index in [-0.39, 0.29) is 5.60 Å². The minimum atomic E-state index is -0.291. The predicted octanol–water partition coefficient (Wildman–Crippen LogP) is 5.16. The maximum atomic E-state index is 6.04. The molecule has 0 aliphatic carbocycles. The molecule has 0 unspecified atom stereocenters. The molecule has 22 heavy (non-hydrogen) atoms. The molecular formula is C19H20N2O. The van der Waals surface area contributed by atoms with Gasteiger partial charge in [0, 0.05) is 11.9 Å². The lowest BCUT2D eigenvalue weighted by Crippen LogP contribution is -2.23. The van der Waals surface area contributed by atoms with Gasteiger partial charge in [0.15, 0.2) is 0 Å². The lowest BCUT2D eigenvalue weighted by molar-refractivity contribution is 0.126. The third kappa shape index (κ3) is 3.19. The van der Waals surface area contributed by atoms with Crippen molar-refractivity contribution < 1.29 is 4.74 Å². The van der Waals surface area contributed by atoms with E-state index in [4.69, 9.17) is 4.74 Å². The fourth-order valence-corrected chi connectivity index (χ4v) is 2.35. The number of aromatic nitrogens is 1. The van der Waals surface area contributed by atoms with Gasteiger partial charge in [0.05, 0.1) is 11.1 Å². The Balaban J connectivity index is 2.10. The summed E-state index contributed by atoms with van der Waals surface area (Å²) >= 11 is 0. The van der Waals surface area contributed by atoms with Crippen molar-refractivity contribution in [2.24, 2.45) is 0 Å². The normalized spacial score (nSPS) is 11.4. The van der Waals surface area contributed by atoms with Crippen LogP contribution in [0.3, 0.4) is 0 Å². The van der Waals surface area contributed by atoms with Crippen LogP contribution < -0.4 is 10.1 Å². The van der Waals surface area contributed by atoms with Crippen LogP contribution in [0, 0.1) is 0 Å². The molecule has 0 saturated heterocycles. The molecule has 0 radical (unpaired) electrons. The molecule has 3 aromatic rings. The van der Waals surface area contributed by atoms with Gasteiger partial charge in [-0.25, -0.2) is 4.98 Å². The van der Waals surface area contributed by atoms with Crippen LogP contribution in [0.4, 0.5) is 11.4 Å². The van der Waals surface area contributed by atoms with Crippen molar-refractivity contribution in [2.75, 3.05) is 5.32 Å². The van der Waals surface area contributed by atoms with Gasteiger partial charge in [-0.05, 0) is 50.4 Å². The third-order valence-corrected chi connectivity index (χ3v) is 3.21. The van der Waals surface area contributed by atoms with Crippen molar-refractivity contribution in [3.63, 3.8) is 0 Å². The number of nitrogens with one attached hydrogen (secondary N) is 1. The molecule has 0 atom stereocenters. The summed E-state index contributed by atoms with van der Waals surface area (Å²) < 4.78 is 6.04. The molecule has 112 valence electrons. The molecule has 3 heteroatoms. The summed E-state index contributed by atoms with van der Waals surface area (Å²) in [7, 11) is 0. The number of para-hydroxylation sites is 1. The summed E-state index contributed by atoms with van der Waals surface area (Å²) in [6.07, 6.45) is 1.79. The summed E-state index contributed by atoms with van der Waals surface area (Å²) in [6, 6.07) is 18.3. The van der Waals surface area contributed by atoms with Crippen LogP contribution in [0.15, 0.2) is 60.8 Å². The molecule has 1 N–H and O–H groups in total. The molecule has 2 aromatic carbocycles. The molecule has 0 aliphatic heterocycles. The summed E-state index contributed by atoms with van der Waals surface area (Å²) in [5.41, 5.74) is 1.75. The summed E-state index contributed by atoms with van der Waals surface area (Å²) in [6.45, 7) is 6.09. The average Bonchev–Trinajstić information content (AvgIpc) is 2.47. The highest BCUT2D eigenvalue weighted by Crippen LogP contribution is 2.34. The first-order valence-electron chi connectivity index (χ1n) is 7.42. The Kier molecular flexibility index (Phi) is 3.72. The van der Waals surface area contributed by atoms with E-state index in [9.17, 15) is 0 Å². The van der Waals surface area contributed by atoms with E-state index in [0.29, 0.717) is 5.88 Å². The quantitative estimate of drug-likeness (QED) is 0.724. The van der Waals surface area contributed by atoms with Crippen LogP contribution in [0.25, 0.3) is 10.8 Å². The lowest BCUT2D eigenvalue weighted by Gasteiger charge is -2.22. The molecule has 3 rings (SSSR count). The molecule has 0 amide bonds. The molecule has 0 saturated carbocycles. The van der Waals surface area contributed by atoms with Crippen LogP contribution in [-0.2, 0) is 0 Å². The zero-order valence-electron chi connectivity index (χ0n) is 13.1. The van der Waals surface area contributed by atoms with Gasteiger partial charge in [-0.1, -0.05) is 30.3 Å². The first-order valence-corrected chi connectivity index (χ1v) is 7.42. The second-order valence-electron chi connectivity index (χ2n) is 6.23. The highest BCUT2D eigenvalue weighted by molar-refractivity contribution is 5.98. The van der Waals surface area contributed by atoms with E-state index in [1.54, 1.807) is 6.20 Å². The summed E-state index contributed by atoms with van der Waals surface area (Å²) in [4.78, 5) is 4.43. The Labute approximate surface area is 131 Å². The highest BCUT2D eigenvalue weighted by atomic mass is 16.5. The van der Waals surface area contributed by atoms with E-state index in [0.717, 1.165) is 22.1 Å². The van der Waals surface area contributed by atoms with Gasteiger partial charge in [0.2, 0.25) is 5.88 Å². The SMILES string of the molecule is CC(C)(C)Oc1nccc2cccc(Nc3ccccc3)c12. The van der Waals surface area contributed by atoms with Gasteiger partial charge in [-0.2, -0.15) is 0 Å². The summed E-state index contributed by atoms with van der Waals surface area (Å²) in [5, 5.41) is 5.56. The van der Waals surface area contributed by atoms with Gasteiger partial charge in [0.1, 0.15) is 5.60 Å². The molecule has 0 fully saturated rings. The number of nitrogens with zero attached hydrogens (tertiary/aromatic N) is 1. The Hall–Kier alpha value is -2.55. The molecule has 0 aliphatic rings. The van der Waals surface area contributed by atoms with Gasteiger partial charge in [-0.15, -0.1) is 0 Å². The van der Waals surface area contributed by atoms with E-state index in [2.05, 4.69) is 16.4 Å². The summed E-state index contributed by atoms with van der Waals surface area (Å²) in [5.74, 6) is 0.657. The number of fused-ring (bicyclic) bond motifs is 1. The van der Waals surface area contributed by atoms with Crippen molar-refractivity contribution in [1.29, 1.82) is 0 Å². The van der Waals surface area contributed by atoms with Crippen molar-refractivity contribution in [1.82, 2.24) is 4.98 Å². The second-order valence-corrected chi connectivity index (χ2v) is 6.23. The van der Waals surface area contributed by atoms with Crippen LogP contribution in [-0.4, -0.2) is 10.6 Å². The van der Waals surface area contributed by atoms with E-state index < -0.39 is 0 Å². The van der Waals surface area contributed by atoms with Gasteiger partial charge >= 0.3 is 0 Å². The van der Waals surface area contributed by atoms with Gasteiger partial charge < -0.3 is 10.1 Å². The maximum Gasteiger partial charge on any atom is 0.223 e. The fraction of sp³-hybridized carbons (Fsp3) is 0.211. The standard InChI is InChI=1S/C19H20N2O/c1-19(2,3)22-18-17-14(12-13-20-18)8-7-11-16(17)21-15-9-5-4-6-10-15/h4-13,21H,1-3H3. The van der Waals surface area contributed by atoms with Crippen molar-refractivity contribution in [3.05, 3.63) is 60.8 Å².